The molecule has 5 rings (SSSR count). The molecule has 1 N–H and O–H groups in total. The van der Waals surface area contributed by atoms with Gasteiger partial charge >= 0.3 is 5.63 Å². The number of hydrogen-bond acceptors (Lipinski definition) is 5. The normalized spacial score (nSPS) is 16.2. The lowest BCUT2D eigenvalue weighted by Gasteiger charge is -2.24. The van der Waals surface area contributed by atoms with E-state index in [1.54, 1.807) is 18.2 Å². The van der Waals surface area contributed by atoms with E-state index in [0.29, 0.717) is 23.3 Å². The largest absolute Gasteiger partial charge is 0.508 e. The zero-order valence-electron chi connectivity index (χ0n) is 15.5. The van der Waals surface area contributed by atoms with E-state index in [1.807, 2.05) is 71.7 Å². The van der Waals surface area contributed by atoms with Crippen molar-refractivity contribution in [2.24, 2.45) is 5.10 Å². The molecular weight excluding hydrogens is 364 g/mol. The third-order valence-electron chi connectivity index (χ3n) is 5.16. The summed E-state index contributed by atoms with van der Waals surface area (Å²) in [4.78, 5) is 12.7. The van der Waals surface area contributed by atoms with E-state index < -0.39 is 0 Å². The van der Waals surface area contributed by atoms with E-state index in [4.69, 9.17) is 9.52 Å². The summed E-state index contributed by atoms with van der Waals surface area (Å²) in [6.07, 6.45) is 0.558. The minimum absolute atomic E-state index is 0.0844. The Labute approximate surface area is 167 Å². The van der Waals surface area contributed by atoms with E-state index in [1.165, 1.54) is 0 Å². The molecule has 0 bridgehead atoms. The number of anilines is 1. The quantitative estimate of drug-likeness (QED) is 0.514. The van der Waals surface area contributed by atoms with Crippen LogP contribution in [-0.4, -0.2) is 10.8 Å². The standard InChI is InChI=1S/C24H18N2O3/c27-19-12-10-16(11-13-19)22-15-21(25-26(22)18-7-2-1-3-8-18)20-14-17-6-4-5-9-23(17)29-24(20)28/h1-14,22,27H,15H2/t22-/m1/s1. The van der Waals surface area contributed by atoms with Crippen LogP contribution in [-0.2, 0) is 0 Å². The van der Waals surface area contributed by atoms with Gasteiger partial charge in [0, 0.05) is 11.8 Å². The van der Waals surface area contributed by atoms with Crippen LogP contribution in [0.4, 0.5) is 5.69 Å². The minimum atomic E-state index is -0.387. The van der Waals surface area contributed by atoms with Crippen LogP contribution < -0.4 is 10.6 Å². The Morgan fingerprint density at radius 2 is 1.66 bits per heavy atom. The average molecular weight is 382 g/mol. The lowest BCUT2D eigenvalue weighted by atomic mass is 9.98. The highest BCUT2D eigenvalue weighted by Crippen LogP contribution is 2.36. The van der Waals surface area contributed by atoms with Crippen molar-refractivity contribution in [2.75, 3.05) is 5.01 Å². The molecule has 2 heterocycles. The highest BCUT2D eigenvalue weighted by Gasteiger charge is 2.31. The van der Waals surface area contributed by atoms with Gasteiger partial charge in [0.25, 0.3) is 0 Å². The van der Waals surface area contributed by atoms with E-state index in [2.05, 4.69) is 0 Å². The lowest BCUT2D eigenvalue weighted by Crippen LogP contribution is -2.18. The molecule has 5 heteroatoms. The molecule has 1 aliphatic heterocycles. The summed E-state index contributed by atoms with van der Waals surface area (Å²) in [5.74, 6) is 0.217. The molecule has 3 aromatic carbocycles. The van der Waals surface area contributed by atoms with E-state index in [9.17, 15) is 9.90 Å². The van der Waals surface area contributed by atoms with E-state index in [-0.39, 0.29) is 17.4 Å². The van der Waals surface area contributed by atoms with Crippen molar-refractivity contribution >= 4 is 22.4 Å². The van der Waals surface area contributed by atoms with Gasteiger partial charge in [0.2, 0.25) is 0 Å². The Bertz CT molecular complexity index is 1260. The number of rotatable bonds is 3. The molecule has 142 valence electrons. The molecule has 4 aromatic rings. The van der Waals surface area contributed by atoms with Gasteiger partial charge in [-0.25, -0.2) is 4.79 Å². The van der Waals surface area contributed by atoms with Gasteiger partial charge in [-0.1, -0.05) is 48.5 Å². The van der Waals surface area contributed by atoms with Crippen LogP contribution in [0.3, 0.4) is 0 Å². The molecule has 0 unspecified atom stereocenters. The highest BCUT2D eigenvalue weighted by atomic mass is 16.4. The Morgan fingerprint density at radius 3 is 2.45 bits per heavy atom. The Morgan fingerprint density at radius 1 is 0.931 bits per heavy atom. The Balaban J connectivity index is 1.61. The molecule has 0 aliphatic carbocycles. The second-order valence-corrected chi connectivity index (χ2v) is 7.02. The maximum absolute atomic E-state index is 12.7. The number of phenolic OH excluding ortho intramolecular Hbond substituents is 1. The molecule has 0 saturated heterocycles. The van der Waals surface area contributed by atoms with Crippen LogP contribution in [0.15, 0.2) is 99.2 Å². The molecule has 0 radical (unpaired) electrons. The first-order chi connectivity index (χ1) is 14.2. The van der Waals surface area contributed by atoms with Crippen LogP contribution in [0.2, 0.25) is 0 Å². The average Bonchev–Trinajstić information content (AvgIpc) is 3.19. The van der Waals surface area contributed by atoms with Crippen LogP contribution in [0, 0.1) is 0 Å². The number of fused-ring (bicyclic) bond motifs is 1. The first kappa shape index (κ1) is 17.3. The van der Waals surface area contributed by atoms with Crippen molar-refractivity contribution in [3.8, 4) is 5.75 Å². The lowest BCUT2D eigenvalue weighted by molar-refractivity contribution is 0.475. The summed E-state index contributed by atoms with van der Waals surface area (Å²) in [7, 11) is 0. The molecule has 1 atom stereocenters. The van der Waals surface area contributed by atoms with Gasteiger partial charge in [-0.15, -0.1) is 0 Å². The fraction of sp³-hybridized carbons (Fsp3) is 0.0833. The zero-order valence-corrected chi connectivity index (χ0v) is 15.5. The summed E-state index contributed by atoms with van der Waals surface area (Å²) in [6.45, 7) is 0. The fourth-order valence-corrected chi connectivity index (χ4v) is 3.71. The van der Waals surface area contributed by atoms with Crippen molar-refractivity contribution in [3.63, 3.8) is 0 Å². The monoisotopic (exact) mass is 382 g/mol. The molecule has 5 nitrogen and oxygen atoms in total. The van der Waals surface area contributed by atoms with Gasteiger partial charge < -0.3 is 9.52 Å². The van der Waals surface area contributed by atoms with Gasteiger partial charge in [0.05, 0.1) is 23.0 Å². The predicted molar refractivity (Wildman–Crippen MR) is 113 cm³/mol. The zero-order chi connectivity index (χ0) is 19.8. The van der Waals surface area contributed by atoms with Crippen LogP contribution in [0.1, 0.15) is 23.6 Å². The van der Waals surface area contributed by atoms with Crippen LogP contribution in [0.5, 0.6) is 5.75 Å². The fourth-order valence-electron chi connectivity index (χ4n) is 3.71. The summed E-state index contributed by atoms with van der Waals surface area (Å²) >= 11 is 0. The SMILES string of the molecule is O=c1oc2ccccc2cc1C1=NN(c2ccccc2)[C@@H](c2ccc(O)cc2)C1. The topological polar surface area (TPSA) is 66.0 Å². The molecule has 1 aliphatic rings. The maximum Gasteiger partial charge on any atom is 0.345 e. The van der Waals surface area contributed by atoms with E-state index in [0.717, 1.165) is 16.6 Å². The van der Waals surface area contributed by atoms with Gasteiger partial charge in [0.1, 0.15) is 11.3 Å². The van der Waals surface area contributed by atoms with Gasteiger partial charge in [-0.3, -0.25) is 5.01 Å². The number of aromatic hydroxyl groups is 1. The summed E-state index contributed by atoms with van der Waals surface area (Å²) in [5.41, 5.74) is 3.29. The smallest absolute Gasteiger partial charge is 0.345 e. The summed E-state index contributed by atoms with van der Waals surface area (Å²) < 4.78 is 5.51. The highest BCUT2D eigenvalue weighted by molar-refractivity contribution is 6.04. The number of hydrazone groups is 1. The number of hydrogen-bond donors (Lipinski definition) is 1. The second-order valence-electron chi connectivity index (χ2n) is 7.02. The Hall–Kier alpha value is -3.86. The Kier molecular flexibility index (Phi) is 4.13. The third kappa shape index (κ3) is 3.17. The molecule has 0 spiro atoms. The van der Waals surface area contributed by atoms with Crippen molar-refractivity contribution in [3.05, 3.63) is 106 Å². The maximum atomic E-state index is 12.7. The predicted octanol–water partition coefficient (Wildman–Crippen LogP) is 4.85. The molecular formula is C24H18N2O3. The number of para-hydroxylation sites is 2. The number of benzene rings is 3. The molecule has 0 fully saturated rings. The van der Waals surface area contributed by atoms with Crippen LogP contribution >= 0.6 is 0 Å². The summed E-state index contributed by atoms with van der Waals surface area (Å²) in [5, 5.41) is 17.2. The van der Waals surface area contributed by atoms with Gasteiger partial charge in [-0.2, -0.15) is 5.10 Å². The second kappa shape index (κ2) is 6.95. The summed E-state index contributed by atoms with van der Waals surface area (Å²) in [6, 6.07) is 26.2. The number of phenols is 1. The van der Waals surface area contributed by atoms with Crippen molar-refractivity contribution in [2.45, 2.75) is 12.5 Å². The van der Waals surface area contributed by atoms with E-state index >= 15 is 0 Å². The van der Waals surface area contributed by atoms with Gasteiger partial charge in [-0.05, 0) is 42.0 Å². The van der Waals surface area contributed by atoms with Crippen molar-refractivity contribution < 1.29 is 9.52 Å². The first-order valence-corrected chi connectivity index (χ1v) is 9.43. The van der Waals surface area contributed by atoms with Crippen LogP contribution in [0.25, 0.3) is 11.0 Å². The molecule has 1 aromatic heterocycles. The molecule has 0 amide bonds. The minimum Gasteiger partial charge on any atom is -0.508 e. The van der Waals surface area contributed by atoms with Crippen molar-refractivity contribution in [1.82, 2.24) is 0 Å². The molecule has 29 heavy (non-hydrogen) atoms. The number of nitrogens with zero attached hydrogens (tertiary/aromatic N) is 2. The molecule has 0 saturated carbocycles. The van der Waals surface area contributed by atoms with Crippen molar-refractivity contribution in [1.29, 1.82) is 0 Å². The third-order valence-corrected chi connectivity index (χ3v) is 5.16. The first-order valence-electron chi connectivity index (χ1n) is 9.43. The van der Waals surface area contributed by atoms with Gasteiger partial charge in [0.15, 0.2) is 0 Å².